The number of hydrogen-bond donors (Lipinski definition) is 0. The van der Waals surface area contributed by atoms with Gasteiger partial charge in [-0.1, -0.05) is 0 Å². The van der Waals surface area contributed by atoms with Gasteiger partial charge in [-0.25, -0.2) is 0 Å². The molecule has 1 saturated heterocycles. The Kier molecular flexibility index (Phi) is 5.19. The lowest BCUT2D eigenvalue weighted by molar-refractivity contribution is -0.141. The highest BCUT2D eigenvalue weighted by Gasteiger charge is 2.24. The summed E-state index contributed by atoms with van der Waals surface area (Å²) in [6.45, 7) is 3.45. The van der Waals surface area contributed by atoms with Gasteiger partial charge in [0.15, 0.2) is 10.4 Å². The van der Waals surface area contributed by atoms with E-state index in [9.17, 15) is 9.59 Å². The van der Waals surface area contributed by atoms with E-state index in [0.717, 1.165) is 13.1 Å². The molecule has 20 heavy (non-hydrogen) atoms. The number of halogens is 1. The molecule has 110 valence electrons. The Hall–Kier alpha value is -1.34. The third-order valence-electron chi connectivity index (χ3n) is 3.30. The smallest absolute Gasteiger partial charge is 0.306 e. The van der Waals surface area contributed by atoms with E-state index in [0.29, 0.717) is 36.5 Å². The zero-order valence-electron chi connectivity index (χ0n) is 11.3. The molecule has 0 unspecified atom stereocenters. The van der Waals surface area contributed by atoms with E-state index >= 15 is 0 Å². The Bertz CT molecular complexity index is 480. The summed E-state index contributed by atoms with van der Waals surface area (Å²) in [6, 6.07) is 3.37. The van der Waals surface area contributed by atoms with Crippen LogP contribution in [0.4, 0.5) is 0 Å². The Balaban J connectivity index is 1.79. The van der Waals surface area contributed by atoms with E-state index in [4.69, 9.17) is 4.42 Å². The molecule has 1 aliphatic heterocycles. The number of carbonyl (C=O) groups is 2. The molecule has 1 fully saturated rings. The number of furan rings is 1. The van der Waals surface area contributed by atoms with Gasteiger partial charge in [-0.2, -0.15) is 0 Å². The predicted octanol–water partition coefficient (Wildman–Crippen LogP) is 1.36. The molecule has 0 N–H and O–H groups in total. The van der Waals surface area contributed by atoms with Crippen LogP contribution in [0.1, 0.15) is 17.0 Å². The molecule has 0 radical (unpaired) electrons. The first-order valence-electron chi connectivity index (χ1n) is 6.44. The van der Waals surface area contributed by atoms with Gasteiger partial charge in [0, 0.05) is 32.7 Å². The van der Waals surface area contributed by atoms with Crippen molar-refractivity contribution in [3.8, 4) is 0 Å². The third-order valence-corrected chi connectivity index (χ3v) is 3.73. The molecule has 0 aromatic carbocycles. The normalized spacial score (nSPS) is 16.2. The van der Waals surface area contributed by atoms with E-state index in [1.807, 2.05) is 0 Å². The highest BCUT2D eigenvalue weighted by molar-refractivity contribution is 9.10. The minimum Gasteiger partial charge on any atom is -0.469 e. The second-order valence-corrected chi connectivity index (χ2v) is 5.35. The Morgan fingerprint density at radius 3 is 2.55 bits per heavy atom. The van der Waals surface area contributed by atoms with Crippen molar-refractivity contribution >= 4 is 27.8 Å². The largest absolute Gasteiger partial charge is 0.469 e. The van der Waals surface area contributed by atoms with Crippen LogP contribution in [0.3, 0.4) is 0 Å². The van der Waals surface area contributed by atoms with Crippen LogP contribution in [-0.2, 0) is 9.53 Å². The number of esters is 1. The number of nitrogens with zero attached hydrogens (tertiary/aromatic N) is 2. The molecular weight excluding hydrogens is 328 g/mol. The molecule has 1 aromatic heterocycles. The maximum absolute atomic E-state index is 12.2. The van der Waals surface area contributed by atoms with Crippen LogP contribution >= 0.6 is 15.9 Å². The molecular formula is C13H17BrN2O4. The average Bonchev–Trinajstić information content (AvgIpc) is 2.91. The summed E-state index contributed by atoms with van der Waals surface area (Å²) in [7, 11) is 1.39. The van der Waals surface area contributed by atoms with Crippen molar-refractivity contribution < 1.29 is 18.7 Å². The molecule has 1 aliphatic rings. The van der Waals surface area contributed by atoms with Gasteiger partial charge >= 0.3 is 5.97 Å². The van der Waals surface area contributed by atoms with Crippen molar-refractivity contribution in [2.24, 2.45) is 0 Å². The molecule has 0 bridgehead atoms. The van der Waals surface area contributed by atoms with Crippen LogP contribution in [-0.4, -0.2) is 61.5 Å². The summed E-state index contributed by atoms with van der Waals surface area (Å²) in [6.07, 6.45) is 0.385. The molecule has 2 rings (SSSR count). The fourth-order valence-electron chi connectivity index (χ4n) is 2.11. The number of hydrogen-bond acceptors (Lipinski definition) is 5. The molecule has 0 saturated carbocycles. The van der Waals surface area contributed by atoms with Crippen LogP contribution < -0.4 is 0 Å². The Labute approximate surface area is 125 Å². The lowest BCUT2D eigenvalue weighted by Crippen LogP contribution is -2.49. The number of rotatable bonds is 4. The Morgan fingerprint density at radius 2 is 2.00 bits per heavy atom. The van der Waals surface area contributed by atoms with Gasteiger partial charge in [0.1, 0.15) is 0 Å². The zero-order chi connectivity index (χ0) is 14.5. The quantitative estimate of drug-likeness (QED) is 0.772. The molecule has 7 heteroatoms. The number of methoxy groups -OCH3 is 1. The predicted molar refractivity (Wildman–Crippen MR) is 75.4 cm³/mol. The summed E-state index contributed by atoms with van der Waals surface area (Å²) in [5, 5.41) is 0. The van der Waals surface area contributed by atoms with Crippen molar-refractivity contribution in [1.82, 2.24) is 9.80 Å². The second-order valence-electron chi connectivity index (χ2n) is 4.56. The van der Waals surface area contributed by atoms with E-state index in [-0.39, 0.29) is 11.9 Å². The zero-order valence-corrected chi connectivity index (χ0v) is 12.9. The van der Waals surface area contributed by atoms with Crippen molar-refractivity contribution in [2.45, 2.75) is 6.42 Å². The first-order chi connectivity index (χ1) is 9.60. The highest BCUT2D eigenvalue weighted by Crippen LogP contribution is 2.16. The second kappa shape index (κ2) is 6.90. The van der Waals surface area contributed by atoms with E-state index in [1.54, 1.807) is 17.0 Å². The van der Waals surface area contributed by atoms with Gasteiger partial charge in [-0.3, -0.25) is 14.5 Å². The molecule has 0 atom stereocenters. The first kappa shape index (κ1) is 15.1. The van der Waals surface area contributed by atoms with Gasteiger partial charge in [0.2, 0.25) is 0 Å². The number of ether oxygens (including phenoxy) is 1. The van der Waals surface area contributed by atoms with Crippen molar-refractivity contribution in [1.29, 1.82) is 0 Å². The van der Waals surface area contributed by atoms with Crippen LogP contribution in [0.25, 0.3) is 0 Å². The Morgan fingerprint density at radius 1 is 1.30 bits per heavy atom. The monoisotopic (exact) mass is 344 g/mol. The topological polar surface area (TPSA) is 63.0 Å². The van der Waals surface area contributed by atoms with Crippen LogP contribution in [0.2, 0.25) is 0 Å². The van der Waals surface area contributed by atoms with Gasteiger partial charge in [0.05, 0.1) is 13.5 Å². The van der Waals surface area contributed by atoms with Crippen molar-refractivity contribution in [3.63, 3.8) is 0 Å². The van der Waals surface area contributed by atoms with Gasteiger partial charge in [-0.15, -0.1) is 0 Å². The van der Waals surface area contributed by atoms with E-state index in [2.05, 4.69) is 25.6 Å². The van der Waals surface area contributed by atoms with Gasteiger partial charge < -0.3 is 14.1 Å². The first-order valence-corrected chi connectivity index (χ1v) is 7.23. The van der Waals surface area contributed by atoms with E-state index < -0.39 is 0 Å². The van der Waals surface area contributed by atoms with Crippen molar-refractivity contribution in [3.05, 3.63) is 22.6 Å². The third kappa shape index (κ3) is 3.83. The standard InChI is InChI=1S/C13H17BrN2O4/c1-19-12(17)4-5-15-6-8-16(9-7-15)13(18)10-2-3-11(14)20-10/h2-3H,4-9H2,1H3. The lowest BCUT2D eigenvalue weighted by atomic mass is 10.2. The van der Waals surface area contributed by atoms with Crippen LogP contribution in [0, 0.1) is 0 Å². The SMILES string of the molecule is COC(=O)CCN1CCN(C(=O)c2ccc(Br)o2)CC1. The van der Waals surface area contributed by atoms with Gasteiger partial charge in [0.25, 0.3) is 5.91 Å². The fraction of sp³-hybridized carbons (Fsp3) is 0.538. The molecule has 1 amide bonds. The highest BCUT2D eigenvalue weighted by atomic mass is 79.9. The number of amides is 1. The van der Waals surface area contributed by atoms with Crippen molar-refractivity contribution in [2.75, 3.05) is 39.8 Å². The molecule has 2 heterocycles. The maximum Gasteiger partial charge on any atom is 0.306 e. The summed E-state index contributed by atoms with van der Waals surface area (Å²) >= 11 is 3.19. The summed E-state index contributed by atoms with van der Waals surface area (Å²) in [5.74, 6) is 0.0483. The number of piperazine rings is 1. The van der Waals surface area contributed by atoms with Crippen LogP contribution in [0.5, 0.6) is 0 Å². The van der Waals surface area contributed by atoms with Gasteiger partial charge in [-0.05, 0) is 28.1 Å². The molecule has 0 spiro atoms. The van der Waals surface area contributed by atoms with E-state index in [1.165, 1.54) is 7.11 Å². The maximum atomic E-state index is 12.2. The average molecular weight is 345 g/mol. The minimum atomic E-state index is -0.205. The molecule has 6 nitrogen and oxygen atoms in total. The van der Waals surface area contributed by atoms with Crippen LogP contribution in [0.15, 0.2) is 21.2 Å². The fourth-order valence-corrected chi connectivity index (χ4v) is 2.42. The summed E-state index contributed by atoms with van der Waals surface area (Å²) in [4.78, 5) is 27.2. The minimum absolute atomic E-state index is 0.0942. The molecule has 0 aliphatic carbocycles. The lowest BCUT2D eigenvalue weighted by Gasteiger charge is -2.34. The molecule has 1 aromatic rings. The summed E-state index contributed by atoms with van der Waals surface area (Å²) < 4.78 is 10.4. The number of carbonyl (C=O) groups excluding carboxylic acids is 2. The summed E-state index contributed by atoms with van der Waals surface area (Å²) in [5.41, 5.74) is 0.